The lowest BCUT2D eigenvalue weighted by Gasteiger charge is -2.10. The normalized spacial score (nSPS) is 12.2. The van der Waals surface area contributed by atoms with Crippen molar-refractivity contribution in [2.75, 3.05) is 5.32 Å². The minimum atomic E-state index is -0.434. The molecule has 1 rings (SSSR count). The summed E-state index contributed by atoms with van der Waals surface area (Å²) in [7, 11) is 0. The Bertz CT molecular complexity index is 321. The van der Waals surface area contributed by atoms with Gasteiger partial charge in [0.05, 0.1) is 17.9 Å². The first-order valence-electron chi connectivity index (χ1n) is 5.12. The van der Waals surface area contributed by atoms with Crippen molar-refractivity contribution in [2.45, 2.75) is 32.7 Å². The number of pyridine rings is 1. The second kappa shape index (κ2) is 5.46. The van der Waals surface area contributed by atoms with Crippen molar-refractivity contribution in [3.05, 3.63) is 24.0 Å². The molecule has 1 atom stereocenters. The Kier molecular flexibility index (Phi) is 4.24. The summed E-state index contributed by atoms with van der Waals surface area (Å²) in [6.45, 7) is 3.90. The van der Waals surface area contributed by atoms with Crippen LogP contribution in [0.3, 0.4) is 0 Å². The molecule has 0 aliphatic heterocycles. The zero-order chi connectivity index (χ0) is 11.3. The Morgan fingerprint density at radius 2 is 2.33 bits per heavy atom. The van der Waals surface area contributed by atoms with Crippen LogP contribution in [0, 0.1) is 6.92 Å². The van der Waals surface area contributed by atoms with E-state index in [0.29, 0.717) is 12.1 Å². The number of hydrogen-bond acceptors (Lipinski definition) is 3. The van der Waals surface area contributed by atoms with E-state index in [0.717, 1.165) is 12.1 Å². The molecule has 0 bridgehead atoms. The first kappa shape index (κ1) is 11.7. The maximum atomic E-state index is 11.5. The number of nitrogens with zero attached hydrogens (tertiary/aromatic N) is 1. The number of amides is 1. The third-order valence-corrected chi connectivity index (χ3v) is 2.12. The molecule has 4 heteroatoms. The number of nitrogens with one attached hydrogen (secondary N) is 1. The maximum Gasteiger partial charge on any atom is 0.241 e. The number of rotatable bonds is 4. The molecule has 0 unspecified atom stereocenters. The number of hydrogen-bond donors (Lipinski definition) is 2. The lowest BCUT2D eigenvalue weighted by molar-refractivity contribution is -0.117. The van der Waals surface area contributed by atoms with Gasteiger partial charge in [0.25, 0.3) is 0 Å². The van der Waals surface area contributed by atoms with Crippen molar-refractivity contribution < 1.29 is 4.79 Å². The average molecular weight is 207 g/mol. The second-order valence-electron chi connectivity index (χ2n) is 3.57. The summed E-state index contributed by atoms with van der Waals surface area (Å²) >= 11 is 0. The zero-order valence-electron chi connectivity index (χ0n) is 9.16. The highest BCUT2D eigenvalue weighted by atomic mass is 16.2. The maximum absolute atomic E-state index is 11.5. The van der Waals surface area contributed by atoms with Gasteiger partial charge in [-0.25, -0.2) is 0 Å². The number of carbonyl (C=O) groups excluding carboxylic acids is 1. The van der Waals surface area contributed by atoms with Crippen LogP contribution in [0.15, 0.2) is 18.3 Å². The molecule has 0 aliphatic rings. The summed E-state index contributed by atoms with van der Waals surface area (Å²) < 4.78 is 0. The number of anilines is 1. The van der Waals surface area contributed by atoms with Gasteiger partial charge in [-0.05, 0) is 25.5 Å². The van der Waals surface area contributed by atoms with Crippen LogP contribution in [-0.4, -0.2) is 16.9 Å². The van der Waals surface area contributed by atoms with Crippen LogP contribution >= 0.6 is 0 Å². The third-order valence-electron chi connectivity index (χ3n) is 2.12. The summed E-state index contributed by atoms with van der Waals surface area (Å²) in [6.07, 6.45) is 3.23. The highest BCUT2D eigenvalue weighted by molar-refractivity contribution is 5.94. The lowest BCUT2D eigenvalue weighted by Crippen LogP contribution is -2.35. The molecule has 0 aliphatic carbocycles. The summed E-state index contributed by atoms with van der Waals surface area (Å²) in [5, 5.41) is 2.73. The predicted octanol–water partition coefficient (Wildman–Crippen LogP) is 1.46. The van der Waals surface area contributed by atoms with E-state index in [2.05, 4.69) is 10.3 Å². The standard InChI is InChI=1S/C11H17N3O/c1-3-4-10(12)11(15)14-9-6-5-8(2)13-7-9/h5-7,10H,3-4,12H2,1-2H3,(H,14,15)/t10-/m0/s1. The van der Waals surface area contributed by atoms with Crippen LogP contribution in [0.25, 0.3) is 0 Å². The summed E-state index contributed by atoms with van der Waals surface area (Å²) in [6, 6.07) is 3.23. The van der Waals surface area contributed by atoms with Crippen molar-refractivity contribution in [3.63, 3.8) is 0 Å². The van der Waals surface area contributed by atoms with Crippen LogP contribution in [0.2, 0.25) is 0 Å². The monoisotopic (exact) mass is 207 g/mol. The summed E-state index contributed by atoms with van der Waals surface area (Å²) in [5.74, 6) is -0.150. The van der Waals surface area contributed by atoms with E-state index < -0.39 is 6.04 Å². The minimum Gasteiger partial charge on any atom is -0.323 e. The molecule has 3 N–H and O–H groups in total. The van der Waals surface area contributed by atoms with Gasteiger partial charge in [-0.2, -0.15) is 0 Å². The number of carbonyl (C=O) groups is 1. The molecule has 1 amide bonds. The van der Waals surface area contributed by atoms with Crippen molar-refractivity contribution in [1.82, 2.24) is 4.98 Å². The van der Waals surface area contributed by atoms with E-state index in [1.54, 1.807) is 6.20 Å². The summed E-state index contributed by atoms with van der Waals surface area (Å²) in [4.78, 5) is 15.6. The van der Waals surface area contributed by atoms with Gasteiger partial charge in [0.1, 0.15) is 0 Å². The molecule has 4 nitrogen and oxygen atoms in total. The Hall–Kier alpha value is -1.42. The van der Waals surface area contributed by atoms with Crippen molar-refractivity contribution >= 4 is 11.6 Å². The Morgan fingerprint density at radius 3 is 2.87 bits per heavy atom. The third kappa shape index (κ3) is 3.67. The van der Waals surface area contributed by atoms with Crippen molar-refractivity contribution in [3.8, 4) is 0 Å². The molecule has 0 saturated carbocycles. The molecule has 0 spiro atoms. The smallest absolute Gasteiger partial charge is 0.241 e. The zero-order valence-corrected chi connectivity index (χ0v) is 9.16. The van der Waals surface area contributed by atoms with E-state index >= 15 is 0 Å². The minimum absolute atomic E-state index is 0.150. The van der Waals surface area contributed by atoms with Crippen LogP contribution in [0.5, 0.6) is 0 Å². The average Bonchev–Trinajstić information content (AvgIpc) is 2.22. The van der Waals surface area contributed by atoms with Crippen LogP contribution < -0.4 is 11.1 Å². The molecule has 1 aromatic heterocycles. The van der Waals surface area contributed by atoms with E-state index in [4.69, 9.17) is 5.73 Å². The molecule has 0 fully saturated rings. The second-order valence-corrected chi connectivity index (χ2v) is 3.57. The molecule has 0 aromatic carbocycles. The topological polar surface area (TPSA) is 68.0 Å². The quantitative estimate of drug-likeness (QED) is 0.785. The van der Waals surface area contributed by atoms with Gasteiger partial charge >= 0.3 is 0 Å². The largest absolute Gasteiger partial charge is 0.323 e. The van der Waals surface area contributed by atoms with Gasteiger partial charge in [0.15, 0.2) is 0 Å². The van der Waals surface area contributed by atoms with Gasteiger partial charge in [0, 0.05) is 5.69 Å². The van der Waals surface area contributed by atoms with Crippen LogP contribution in [0.4, 0.5) is 5.69 Å². The van der Waals surface area contributed by atoms with E-state index in [-0.39, 0.29) is 5.91 Å². The van der Waals surface area contributed by atoms with E-state index in [1.807, 2.05) is 26.0 Å². The van der Waals surface area contributed by atoms with Gasteiger partial charge in [-0.3, -0.25) is 9.78 Å². The lowest BCUT2D eigenvalue weighted by atomic mass is 10.1. The molecule has 1 heterocycles. The fourth-order valence-electron chi connectivity index (χ4n) is 1.22. The molecular formula is C11H17N3O. The fourth-order valence-corrected chi connectivity index (χ4v) is 1.22. The highest BCUT2D eigenvalue weighted by Crippen LogP contribution is 2.06. The van der Waals surface area contributed by atoms with Crippen molar-refractivity contribution in [2.24, 2.45) is 5.73 Å². The molecule has 1 aromatic rings. The van der Waals surface area contributed by atoms with Crippen LogP contribution in [-0.2, 0) is 4.79 Å². The summed E-state index contributed by atoms with van der Waals surface area (Å²) in [5.41, 5.74) is 7.29. The molecule has 0 saturated heterocycles. The number of aryl methyl sites for hydroxylation is 1. The molecular weight excluding hydrogens is 190 g/mol. The van der Waals surface area contributed by atoms with Gasteiger partial charge in [-0.15, -0.1) is 0 Å². The Morgan fingerprint density at radius 1 is 1.60 bits per heavy atom. The first-order valence-corrected chi connectivity index (χ1v) is 5.12. The number of aromatic nitrogens is 1. The molecule has 15 heavy (non-hydrogen) atoms. The highest BCUT2D eigenvalue weighted by Gasteiger charge is 2.11. The number of nitrogens with two attached hydrogens (primary N) is 1. The Labute approximate surface area is 89.9 Å². The fraction of sp³-hybridized carbons (Fsp3) is 0.455. The van der Waals surface area contributed by atoms with E-state index in [1.165, 1.54) is 0 Å². The predicted molar refractivity (Wildman–Crippen MR) is 60.5 cm³/mol. The van der Waals surface area contributed by atoms with Crippen molar-refractivity contribution in [1.29, 1.82) is 0 Å². The SMILES string of the molecule is CCC[C@H](N)C(=O)Nc1ccc(C)nc1. The van der Waals surface area contributed by atoms with E-state index in [9.17, 15) is 4.79 Å². The van der Waals surface area contributed by atoms with Crippen LogP contribution in [0.1, 0.15) is 25.5 Å². The van der Waals surface area contributed by atoms with Gasteiger partial charge in [-0.1, -0.05) is 13.3 Å². The first-order chi connectivity index (χ1) is 7.13. The van der Waals surface area contributed by atoms with Gasteiger partial charge in [0.2, 0.25) is 5.91 Å². The molecule has 0 radical (unpaired) electrons. The Balaban J connectivity index is 2.54. The molecule has 82 valence electrons. The van der Waals surface area contributed by atoms with Gasteiger partial charge < -0.3 is 11.1 Å².